The highest BCUT2D eigenvalue weighted by molar-refractivity contribution is 9.10. The Hall–Kier alpha value is -2.22. The number of halogens is 3. The summed E-state index contributed by atoms with van der Waals surface area (Å²) in [6.07, 6.45) is 2.70. The summed E-state index contributed by atoms with van der Waals surface area (Å²) in [5, 5.41) is 2.33. The first kappa shape index (κ1) is 22.6. The average molecular weight is 550 g/mol. The largest absolute Gasteiger partial charge is 0.292 e. The van der Waals surface area contributed by atoms with Crippen molar-refractivity contribution in [1.29, 1.82) is 0 Å². The Morgan fingerprint density at radius 1 is 0.909 bits per heavy atom. The van der Waals surface area contributed by atoms with Gasteiger partial charge in [0.2, 0.25) is 0 Å². The standard InChI is InChI=1S/C24H19BrCl2N2O4/c25-16-6-3-12(4-7-16)19(30)11-28(22(31)15-5-8-17(26)18(27)10-15)29-23(32)20-13-1-2-14(9-13)21(20)24(29)33/h3-8,10,13-14,20-21H,1-2,9,11H2/t13-,14-,20-,21-/m0/s1. The van der Waals surface area contributed by atoms with E-state index in [0.717, 1.165) is 33.8 Å². The molecule has 5 rings (SSSR count). The molecule has 3 amide bonds. The zero-order valence-corrected chi connectivity index (χ0v) is 20.4. The summed E-state index contributed by atoms with van der Waals surface area (Å²) in [4.78, 5) is 53.4. The van der Waals surface area contributed by atoms with Gasteiger partial charge in [-0.05, 0) is 61.4 Å². The van der Waals surface area contributed by atoms with Gasteiger partial charge in [-0.3, -0.25) is 19.2 Å². The van der Waals surface area contributed by atoms with Crippen molar-refractivity contribution >= 4 is 62.6 Å². The van der Waals surface area contributed by atoms with E-state index in [1.165, 1.54) is 18.2 Å². The molecule has 3 aliphatic rings. The zero-order chi connectivity index (χ0) is 23.4. The molecule has 0 N–H and O–H groups in total. The van der Waals surface area contributed by atoms with Gasteiger partial charge in [0.15, 0.2) is 5.78 Å². The molecule has 2 aromatic rings. The molecule has 33 heavy (non-hydrogen) atoms. The molecule has 2 bridgehead atoms. The fourth-order valence-electron chi connectivity index (χ4n) is 5.51. The Kier molecular flexibility index (Phi) is 5.83. The SMILES string of the molecule is O=C(CN(C(=O)c1ccc(Cl)c(Cl)c1)N1C(=O)[C@H]2[C@H]3CC[C@@H](C3)[C@@H]2C1=O)c1ccc(Br)cc1. The summed E-state index contributed by atoms with van der Waals surface area (Å²) in [7, 11) is 0. The number of imide groups is 1. The molecule has 0 unspecified atom stereocenters. The lowest BCUT2D eigenvalue weighted by Crippen LogP contribution is -2.52. The van der Waals surface area contributed by atoms with Gasteiger partial charge in [-0.1, -0.05) is 51.3 Å². The number of hydrogen-bond acceptors (Lipinski definition) is 4. The maximum Gasteiger partial charge on any atom is 0.273 e. The van der Waals surface area contributed by atoms with Crippen molar-refractivity contribution in [2.75, 3.05) is 6.54 Å². The average Bonchev–Trinajstić information content (AvgIpc) is 3.48. The number of hydrogen-bond donors (Lipinski definition) is 0. The molecule has 170 valence electrons. The third-order valence-corrected chi connectivity index (χ3v) is 8.27. The van der Waals surface area contributed by atoms with Crippen LogP contribution in [0, 0.1) is 23.7 Å². The molecule has 4 atom stereocenters. The van der Waals surface area contributed by atoms with Crippen LogP contribution in [0.3, 0.4) is 0 Å². The second-order valence-corrected chi connectivity index (χ2v) is 10.5. The minimum atomic E-state index is -0.659. The smallest absolute Gasteiger partial charge is 0.273 e. The maximum absolute atomic E-state index is 13.5. The molecule has 3 fully saturated rings. The number of fused-ring (bicyclic) bond motifs is 5. The van der Waals surface area contributed by atoms with Crippen LogP contribution in [0.1, 0.15) is 40.0 Å². The molecule has 2 aliphatic carbocycles. The number of Topliss-reactive ketones (excluding diaryl/α,β-unsaturated/α-hetero) is 1. The molecular weight excluding hydrogens is 531 g/mol. The first-order valence-corrected chi connectivity index (χ1v) is 12.2. The molecule has 9 heteroatoms. The molecule has 1 saturated heterocycles. The Bertz CT molecular complexity index is 1160. The summed E-state index contributed by atoms with van der Waals surface area (Å²) in [5.41, 5.74) is 0.498. The number of hydrazine groups is 1. The van der Waals surface area contributed by atoms with Crippen LogP contribution in [-0.2, 0) is 9.59 Å². The maximum atomic E-state index is 13.5. The summed E-state index contributed by atoms with van der Waals surface area (Å²) in [6.45, 7) is -0.451. The molecule has 0 spiro atoms. The van der Waals surface area contributed by atoms with Crippen LogP contribution in [-0.4, -0.2) is 40.1 Å². The topological polar surface area (TPSA) is 74.8 Å². The van der Waals surface area contributed by atoms with Crippen LogP contribution in [0.25, 0.3) is 0 Å². The minimum Gasteiger partial charge on any atom is -0.292 e. The van der Waals surface area contributed by atoms with E-state index in [9.17, 15) is 19.2 Å². The number of carbonyl (C=O) groups excluding carboxylic acids is 4. The van der Waals surface area contributed by atoms with E-state index in [-0.39, 0.29) is 27.4 Å². The van der Waals surface area contributed by atoms with E-state index in [0.29, 0.717) is 5.56 Å². The third kappa shape index (κ3) is 3.80. The molecule has 6 nitrogen and oxygen atoms in total. The summed E-state index contributed by atoms with van der Waals surface area (Å²) in [6, 6.07) is 11.0. The quantitative estimate of drug-likeness (QED) is 0.387. The Balaban J connectivity index is 1.51. The number of ketones is 1. The third-order valence-electron chi connectivity index (χ3n) is 7.01. The monoisotopic (exact) mass is 548 g/mol. The van der Waals surface area contributed by atoms with E-state index in [4.69, 9.17) is 23.2 Å². The van der Waals surface area contributed by atoms with Gasteiger partial charge in [-0.2, -0.15) is 5.01 Å². The Labute approximate surface area is 208 Å². The van der Waals surface area contributed by atoms with E-state index in [2.05, 4.69) is 15.9 Å². The van der Waals surface area contributed by atoms with Gasteiger partial charge >= 0.3 is 0 Å². The number of rotatable bonds is 5. The number of benzene rings is 2. The number of nitrogens with zero attached hydrogens (tertiary/aromatic N) is 2. The number of carbonyl (C=O) groups is 4. The van der Waals surface area contributed by atoms with Crippen molar-refractivity contribution < 1.29 is 19.2 Å². The van der Waals surface area contributed by atoms with Crippen LogP contribution < -0.4 is 0 Å². The van der Waals surface area contributed by atoms with Gasteiger partial charge in [0.1, 0.15) is 6.54 Å². The first-order valence-electron chi connectivity index (χ1n) is 10.7. The van der Waals surface area contributed by atoms with Crippen molar-refractivity contribution in [1.82, 2.24) is 10.0 Å². The van der Waals surface area contributed by atoms with E-state index < -0.39 is 41.9 Å². The van der Waals surface area contributed by atoms with Crippen molar-refractivity contribution in [3.8, 4) is 0 Å². The van der Waals surface area contributed by atoms with Crippen molar-refractivity contribution in [3.05, 3.63) is 68.1 Å². The predicted molar refractivity (Wildman–Crippen MR) is 126 cm³/mol. The summed E-state index contributed by atoms with van der Waals surface area (Å²) >= 11 is 15.4. The van der Waals surface area contributed by atoms with E-state index >= 15 is 0 Å². The van der Waals surface area contributed by atoms with Crippen LogP contribution >= 0.6 is 39.1 Å². The molecule has 1 heterocycles. The first-order chi connectivity index (χ1) is 15.8. The van der Waals surface area contributed by atoms with Crippen LogP contribution in [0.2, 0.25) is 10.0 Å². The van der Waals surface area contributed by atoms with E-state index in [1.807, 2.05) is 0 Å². The van der Waals surface area contributed by atoms with Gasteiger partial charge in [0.25, 0.3) is 17.7 Å². The van der Waals surface area contributed by atoms with Crippen molar-refractivity contribution in [2.45, 2.75) is 19.3 Å². The second-order valence-electron chi connectivity index (χ2n) is 8.79. The fourth-order valence-corrected chi connectivity index (χ4v) is 6.07. The van der Waals surface area contributed by atoms with Crippen molar-refractivity contribution in [2.24, 2.45) is 23.7 Å². The summed E-state index contributed by atoms with van der Waals surface area (Å²) < 4.78 is 0.802. The van der Waals surface area contributed by atoms with Crippen LogP contribution in [0.15, 0.2) is 46.9 Å². The van der Waals surface area contributed by atoms with Gasteiger partial charge in [0.05, 0.1) is 21.9 Å². The minimum absolute atomic E-state index is 0.133. The van der Waals surface area contributed by atoms with Crippen LogP contribution in [0.4, 0.5) is 0 Å². The predicted octanol–water partition coefficient (Wildman–Crippen LogP) is 5.03. The molecular formula is C24H19BrCl2N2O4. The molecule has 2 saturated carbocycles. The van der Waals surface area contributed by atoms with Crippen molar-refractivity contribution in [3.63, 3.8) is 0 Å². The molecule has 2 aromatic carbocycles. The molecule has 0 aromatic heterocycles. The normalized spacial score (nSPS) is 25.5. The number of amides is 3. The van der Waals surface area contributed by atoms with E-state index in [1.54, 1.807) is 24.3 Å². The Morgan fingerprint density at radius 3 is 2.06 bits per heavy atom. The zero-order valence-electron chi connectivity index (χ0n) is 17.3. The second kappa shape index (κ2) is 8.53. The lowest BCUT2D eigenvalue weighted by Gasteiger charge is -2.31. The lowest BCUT2D eigenvalue weighted by molar-refractivity contribution is -0.154. The van der Waals surface area contributed by atoms with Gasteiger partial charge in [-0.15, -0.1) is 0 Å². The van der Waals surface area contributed by atoms with Gasteiger partial charge in [-0.25, -0.2) is 5.01 Å². The highest BCUT2D eigenvalue weighted by Gasteiger charge is 2.62. The highest BCUT2D eigenvalue weighted by Crippen LogP contribution is 2.56. The van der Waals surface area contributed by atoms with Gasteiger partial charge in [0, 0.05) is 15.6 Å². The van der Waals surface area contributed by atoms with Crippen LogP contribution in [0.5, 0.6) is 0 Å². The molecule has 1 aliphatic heterocycles. The van der Waals surface area contributed by atoms with Gasteiger partial charge < -0.3 is 0 Å². The Morgan fingerprint density at radius 2 is 1.48 bits per heavy atom. The lowest BCUT2D eigenvalue weighted by atomic mass is 9.81. The highest BCUT2D eigenvalue weighted by atomic mass is 79.9. The summed E-state index contributed by atoms with van der Waals surface area (Å²) in [5.74, 6) is -2.35. The fraction of sp³-hybridized carbons (Fsp3) is 0.333. The molecule has 0 radical (unpaired) electrons.